The molecule has 1 atom stereocenters. The Balaban J connectivity index is 1.65. The van der Waals surface area contributed by atoms with Gasteiger partial charge < -0.3 is 13.5 Å². The van der Waals surface area contributed by atoms with Crippen molar-refractivity contribution < 1.29 is 8.94 Å². The van der Waals surface area contributed by atoms with Crippen LogP contribution in [0.3, 0.4) is 0 Å². The summed E-state index contributed by atoms with van der Waals surface area (Å²) in [5.41, 5.74) is 0.761. The maximum atomic E-state index is 6.00. The van der Waals surface area contributed by atoms with E-state index >= 15 is 0 Å². The van der Waals surface area contributed by atoms with Gasteiger partial charge in [0.05, 0.1) is 6.26 Å². The van der Waals surface area contributed by atoms with Gasteiger partial charge in [-0.1, -0.05) is 28.9 Å². The molecule has 0 fully saturated rings. The van der Waals surface area contributed by atoms with Crippen LogP contribution in [-0.2, 0) is 7.05 Å². The minimum absolute atomic E-state index is 0.319. The second kappa shape index (κ2) is 6.38. The van der Waals surface area contributed by atoms with Gasteiger partial charge in [0.2, 0.25) is 11.7 Å². The molecule has 0 saturated heterocycles. The van der Waals surface area contributed by atoms with Gasteiger partial charge in [0.1, 0.15) is 5.25 Å². The standard InChI is InChI=1S/C16H12ClN5O2S/c1-22-14(11-6-3-7-23-11)19-20-15(22)12(25)16-18-13(21-24-16)9-4-2-5-10(17)8-9/h2-8,12,25H,1H3. The number of halogens is 1. The average Bonchev–Trinajstić information content (AvgIpc) is 3.35. The van der Waals surface area contributed by atoms with Crippen LogP contribution in [0.15, 0.2) is 51.6 Å². The van der Waals surface area contributed by atoms with Crippen molar-refractivity contribution in [3.8, 4) is 23.0 Å². The molecule has 0 aliphatic rings. The van der Waals surface area contributed by atoms with E-state index in [1.54, 1.807) is 29.0 Å². The molecule has 0 aliphatic heterocycles. The van der Waals surface area contributed by atoms with Crippen LogP contribution in [0.5, 0.6) is 0 Å². The molecule has 4 aromatic rings. The van der Waals surface area contributed by atoms with Crippen LogP contribution in [0, 0.1) is 0 Å². The Hall–Kier alpha value is -2.58. The van der Waals surface area contributed by atoms with Gasteiger partial charge in [0.15, 0.2) is 17.4 Å². The van der Waals surface area contributed by atoms with Gasteiger partial charge in [-0.3, -0.25) is 0 Å². The summed E-state index contributed by atoms with van der Waals surface area (Å²) in [5, 5.41) is 12.4. The van der Waals surface area contributed by atoms with Gasteiger partial charge in [0.25, 0.3) is 0 Å². The van der Waals surface area contributed by atoms with E-state index < -0.39 is 5.25 Å². The highest BCUT2D eigenvalue weighted by Crippen LogP contribution is 2.30. The highest BCUT2D eigenvalue weighted by Gasteiger charge is 2.25. The molecule has 0 N–H and O–H groups in total. The van der Waals surface area contributed by atoms with Crippen LogP contribution in [0.25, 0.3) is 23.0 Å². The molecule has 1 aromatic carbocycles. The highest BCUT2D eigenvalue weighted by atomic mass is 35.5. The zero-order valence-corrected chi connectivity index (χ0v) is 14.6. The Morgan fingerprint density at radius 3 is 2.84 bits per heavy atom. The number of thiol groups is 1. The van der Waals surface area contributed by atoms with Crippen molar-refractivity contribution in [2.24, 2.45) is 7.05 Å². The molecule has 126 valence electrons. The monoisotopic (exact) mass is 373 g/mol. The van der Waals surface area contributed by atoms with E-state index in [1.165, 1.54) is 0 Å². The fourth-order valence-electron chi connectivity index (χ4n) is 2.40. The molecule has 7 nitrogen and oxygen atoms in total. The van der Waals surface area contributed by atoms with Crippen LogP contribution in [-0.4, -0.2) is 24.9 Å². The lowest BCUT2D eigenvalue weighted by Gasteiger charge is -2.05. The lowest BCUT2D eigenvalue weighted by Crippen LogP contribution is -2.04. The zero-order valence-electron chi connectivity index (χ0n) is 13.0. The van der Waals surface area contributed by atoms with Crippen molar-refractivity contribution in [3.63, 3.8) is 0 Å². The summed E-state index contributed by atoms with van der Waals surface area (Å²) < 4.78 is 12.5. The van der Waals surface area contributed by atoms with E-state index in [-0.39, 0.29) is 0 Å². The van der Waals surface area contributed by atoms with Crippen LogP contribution >= 0.6 is 24.2 Å². The topological polar surface area (TPSA) is 82.8 Å². The molecular weight excluding hydrogens is 362 g/mol. The SMILES string of the molecule is Cn1c(-c2ccco2)nnc1C(S)c1nc(-c2cccc(Cl)c2)no1. The Labute approximate surface area is 153 Å². The molecule has 0 amide bonds. The normalized spacial score (nSPS) is 12.4. The number of benzene rings is 1. The predicted octanol–water partition coefficient (Wildman–Crippen LogP) is 3.80. The smallest absolute Gasteiger partial charge is 0.247 e. The van der Waals surface area contributed by atoms with Crippen molar-refractivity contribution in [2.45, 2.75) is 5.25 Å². The fraction of sp³-hybridized carbons (Fsp3) is 0.125. The number of furan rings is 1. The Morgan fingerprint density at radius 1 is 1.20 bits per heavy atom. The zero-order chi connectivity index (χ0) is 17.4. The third-order valence-electron chi connectivity index (χ3n) is 3.65. The van der Waals surface area contributed by atoms with Gasteiger partial charge >= 0.3 is 0 Å². The Kier molecular flexibility index (Phi) is 4.06. The summed E-state index contributed by atoms with van der Waals surface area (Å²) in [6.07, 6.45) is 1.58. The van der Waals surface area contributed by atoms with Gasteiger partial charge in [-0.05, 0) is 24.3 Å². The van der Waals surface area contributed by atoms with Crippen molar-refractivity contribution in [1.29, 1.82) is 0 Å². The van der Waals surface area contributed by atoms with E-state index in [1.807, 2.05) is 25.2 Å². The summed E-state index contributed by atoms with van der Waals surface area (Å²) in [6, 6.07) is 10.8. The van der Waals surface area contributed by atoms with Crippen LogP contribution in [0.2, 0.25) is 5.02 Å². The Bertz CT molecular complexity index is 1010. The van der Waals surface area contributed by atoms with Crippen molar-refractivity contribution in [1.82, 2.24) is 24.9 Å². The first-order valence-electron chi connectivity index (χ1n) is 7.34. The molecule has 1 unspecified atom stereocenters. The van der Waals surface area contributed by atoms with Gasteiger partial charge in [-0.15, -0.1) is 10.2 Å². The lowest BCUT2D eigenvalue weighted by molar-refractivity contribution is 0.381. The van der Waals surface area contributed by atoms with E-state index in [4.69, 9.17) is 20.5 Å². The molecule has 0 spiro atoms. The van der Waals surface area contributed by atoms with E-state index in [2.05, 4.69) is 33.0 Å². The summed E-state index contributed by atoms with van der Waals surface area (Å²) in [5.74, 6) is 2.53. The minimum atomic E-state index is -0.526. The van der Waals surface area contributed by atoms with Gasteiger partial charge in [-0.25, -0.2) is 0 Å². The molecular formula is C16H12ClN5O2S. The molecule has 3 aromatic heterocycles. The van der Waals surface area contributed by atoms with Gasteiger partial charge in [0, 0.05) is 17.6 Å². The molecule has 0 saturated carbocycles. The van der Waals surface area contributed by atoms with Crippen molar-refractivity contribution in [3.05, 3.63) is 59.4 Å². The lowest BCUT2D eigenvalue weighted by atomic mass is 10.2. The maximum Gasteiger partial charge on any atom is 0.247 e. The molecule has 0 aliphatic carbocycles. The van der Waals surface area contributed by atoms with Crippen molar-refractivity contribution in [2.75, 3.05) is 0 Å². The van der Waals surface area contributed by atoms with Gasteiger partial charge in [-0.2, -0.15) is 17.6 Å². The number of aromatic nitrogens is 5. The number of nitrogens with zero attached hydrogens (tertiary/aromatic N) is 5. The van der Waals surface area contributed by atoms with Crippen molar-refractivity contribution >= 4 is 24.2 Å². The molecule has 0 bridgehead atoms. The predicted molar refractivity (Wildman–Crippen MR) is 94.3 cm³/mol. The average molecular weight is 374 g/mol. The number of hydrogen-bond acceptors (Lipinski definition) is 7. The van der Waals surface area contributed by atoms with Crippen LogP contribution in [0.1, 0.15) is 17.0 Å². The fourth-order valence-corrected chi connectivity index (χ4v) is 2.92. The minimum Gasteiger partial charge on any atom is -0.461 e. The first-order chi connectivity index (χ1) is 12.1. The first kappa shape index (κ1) is 15.9. The largest absolute Gasteiger partial charge is 0.461 e. The van der Waals surface area contributed by atoms with E-state index in [0.717, 1.165) is 5.56 Å². The molecule has 0 radical (unpaired) electrons. The van der Waals surface area contributed by atoms with E-state index in [9.17, 15) is 0 Å². The van der Waals surface area contributed by atoms with E-state index in [0.29, 0.717) is 34.1 Å². The second-order valence-corrected chi connectivity index (χ2v) is 6.24. The molecule has 4 rings (SSSR count). The number of hydrogen-bond donors (Lipinski definition) is 1. The highest BCUT2D eigenvalue weighted by molar-refractivity contribution is 7.80. The summed E-state index contributed by atoms with van der Waals surface area (Å²) in [4.78, 5) is 4.39. The molecule has 25 heavy (non-hydrogen) atoms. The summed E-state index contributed by atoms with van der Waals surface area (Å²) in [6.45, 7) is 0. The van der Waals surface area contributed by atoms with Crippen LogP contribution in [0.4, 0.5) is 0 Å². The number of rotatable bonds is 4. The molecule has 3 heterocycles. The molecule has 9 heteroatoms. The van der Waals surface area contributed by atoms with Crippen LogP contribution < -0.4 is 0 Å². The second-order valence-electron chi connectivity index (χ2n) is 5.29. The summed E-state index contributed by atoms with van der Waals surface area (Å²) >= 11 is 10.6. The maximum absolute atomic E-state index is 6.00. The Morgan fingerprint density at radius 2 is 2.08 bits per heavy atom. The quantitative estimate of drug-likeness (QED) is 0.548. The first-order valence-corrected chi connectivity index (χ1v) is 8.23. The third kappa shape index (κ3) is 2.94. The third-order valence-corrected chi connectivity index (χ3v) is 4.34. The summed E-state index contributed by atoms with van der Waals surface area (Å²) in [7, 11) is 1.82.